The summed E-state index contributed by atoms with van der Waals surface area (Å²) in [7, 11) is 0. The lowest BCUT2D eigenvalue weighted by molar-refractivity contribution is -0.225. The smallest absolute Gasteiger partial charge is 0.458 e. The third-order valence-electron chi connectivity index (χ3n) is 9.40. The van der Waals surface area contributed by atoms with Crippen LogP contribution in [0, 0.1) is 28.6 Å². The third kappa shape index (κ3) is 3.94. The molecule has 0 heterocycles. The normalized spacial score (nSPS) is 40.7. The minimum absolute atomic E-state index is 0.0850. The van der Waals surface area contributed by atoms with E-state index in [0.717, 1.165) is 37.3 Å². The van der Waals surface area contributed by atoms with Crippen LogP contribution in [0.2, 0.25) is 0 Å². The maximum absolute atomic E-state index is 13.3. The van der Waals surface area contributed by atoms with Crippen molar-refractivity contribution in [3.63, 3.8) is 0 Å². The van der Waals surface area contributed by atoms with Gasteiger partial charge in [0.2, 0.25) is 5.78 Å². The molecule has 0 aliphatic heterocycles. The van der Waals surface area contributed by atoms with Crippen molar-refractivity contribution in [2.24, 2.45) is 28.6 Å². The number of Topliss-reactive ketones (excluding diaryl/α,β-unsaturated/α-hetero) is 1. The molecule has 0 aromatic heterocycles. The molecule has 4 rings (SSSR count). The lowest BCUT2D eigenvalue weighted by Gasteiger charge is -2.61. The van der Waals surface area contributed by atoms with Crippen LogP contribution in [0.1, 0.15) is 65.7 Å². The molecule has 3 fully saturated rings. The fraction of sp³-hybridized carbons (Fsp3) is 0.731. The number of ketones is 1. The second-order valence-electron chi connectivity index (χ2n) is 11.2. The average Bonchev–Trinajstić information content (AvgIpc) is 3.02. The molecular formula is C26H33F3O6. The van der Waals surface area contributed by atoms with E-state index in [2.05, 4.69) is 12.7 Å². The molecule has 0 aromatic rings. The molecule has 1 N–H and O–H groups in total. The molecule has 7 atom stereocenters. The molecule has 0 unspecified atom stereocenters. The van der Waals surface area contributed by atoms with Gasteiger partial charge in [-0.2, -0.15) is 13.2 Å². The average molecular weight is 499 g/mol. The number of halogens is 3. The molecule has 194 valence electrons. The Morgan fingerprint density at radius 3 is 2.54 bits per heavy atom. The Kier molecular flexibility index (Phi) is 6.26. The van der Waals surface area contributed by atoms with Gasteiger partial charge >= 0.3 is 18.1 Å². The van der Waals surface area contributed by atoms with Crippen LogP contribution in [-0.2, 0) is 23.9 Å². The van der Waals surface area contributed by atoms with E-state index < -0.39 is 59.0 Å². The first-order valence-electron chi connectivity index (χ1n) is 12.2. The van der Waals surface area contributed by atoms with Gasteiger partial charge in [0.05, 0.1) is 0 Å². The highest BCUT2D eigenvalue weighted by Gasteiger charge is 2.69. The van der Waals surface area contributed by atoms with Gasteiger partial charge in [0, 0.05) is 18.3 Å². The van der Waals surface area contributed by atoms with Crippen molar-refractivity contribution in [1.82, 2.24) is 0 Å². The van der Waals surface area contributed by atoms with E-state index in [1.165, 1.54) is 0 Å². The van der Waals surface area contributed by atoms with Crippen LogP contribution in [0.15, 0.2) is 23.8 Å². The SMILES string of the molecule is C=C1C[C@@H]2[C@H]([C@@H](OC(=O)C(F)(F)F)C[C@@]3(C)[C@H]2CC[C@]3(O)C(=O)COC(C)=O)[C@@]2(C)CCCC=C12. The molecule has 0 saturated heterocycles. The first-order chi connectivity index (χ1) is 16.1. The van der Waals surface area contributed by atoms with E-state index in [-0.39, 0.29) is 24.7 Å². The van der Waals surface area contributed by atoms with Gasteiger partial charge in [-0.15, -0.1) is 0 Å². The summed E-state index contributed by atoms with van der Waals surface area (Å²) in [5, 5.41) is 11.7. The number of esters is 2. The molecule has 4 aliphatic rings. The Morgan fingerprint density at radius 2 is 1.91 bits per heavy atom. The first-order valence-corrected chi connectivity index (χ1v) is 12.2. The Labute approximate surface area is 202 Å². The monoisotopic (exact) mass is 498 g/mol. The molecule has 6 nitrogen and oxygen atoms in total. The number of fused-ring (bicyclic) bond motifs is 5. The summed E-state index contributed by atoms with van der Waals surface area (Å²) in [6.07, 6.45) is -0.728. The molecule has 0 radical (unpaired) electrons. The zero-order chi connectivity index (χ0) is 26.0. The number of hydrogen-bond donors (Lipinski definition) is 1. The quantitative estimate of drug-likeness (QED) is 0.576. The summed E-state index contributed by atoms with van der Waals surface area (Å²) in [5.74, 6) is -4.42. The van der Waals surface area contributed by atoms with Crippen LogP contribution < -0.4 is 0 Å². The van der Waals surface area contributed by atoms with Crippen LogP contribution in [-0.4, -0.2) is 47.3 Å². The van der Waals surface area contributed by atoms with Crippen LogP contribution >= 0.6 is 0 Å². The summed E-state index contributed by atoms with van der Waals surface area (Å²) in [6.45, 7) is 8.52. The number of carbonyl (C=O) groups excluding carboxylic acids is 3. The highest BCUT2D eigenvalue weighted by Crippen LogP contribution is 2.69. The van der Waals surface area contributed by atoms with Crippen molar-refractivity contribution >= 4 is 17.7 Å². The number of alkyl halides is 3. The second kappa shape index (κ2) is 8.46. The summed E-state index contributed by atoms with van der Waals surface area (Å²) in [6, 6.07) is 0. The molecular weight excluding hydrogens is 465 g/mol. The number of rotatable bonds is 4. The number of aliphatic hydroxyl groups is 1. The van der Waals surface area contributed by atoms with Crippen LogP contribution in [0.4, 0.5) is 13.2 Å². The zero-order valence-electron chi connectivity index (χ0n) is 20.4. The van der Waals surface area contributed by atoms with Gasteiger partial charge in [0.15, 0.2) is 6.61 Å². The largest absolute Gasteiger partial charge is 0.490 e. The lowest BCUT2D eigenvalue weighted by Crippen LogP contribution is -2.63. The van der Waals surface area contributed by atoms with Gasteiger partial charge in [0.25, 0.3) is 0 Å². The fourth-order valence-electron chi connectivity index (χ4n) is 7.94. The summed E-state index contributed by atoms with van der Waals surface area (Å²) < 4.78 is 49.9. The first kappa shape index (κ1) is 25.9. The summed E-state index contributed by atoms with van der Waals surface area (Å²) in [4.78, 5) is 36.4. The number of allylic oxidation sites excluding steroid dienone is 3. The zero-order valence-corrected chi connectivity index (χ0v) is 20.4. The lowest BCUT2D eigenvalue weighted by atomic mass is 9.44. The molecule has 0 amide bonds. The maximum Gasteiger partial charge on any atom is 0.490 e. The highest BCUT2D eigenvalue weighted by molar-refractivity contribution is 5.91. The van der Waals surface area contributed by atoms with Gasteiger partial charge in [-0.25, -0.2) is 4.79 Å². The molecule has 3 saturated carbocycles. The van der Waals surface area contributed by atoms with Crippen molar-refractivity contribution < 1.29 is 42.1 Å². The van der Waals surface area contributed by atoms with E-state index in [1.807, 2.05) is 6.92 Å². The summed E-state index contributed by atoms with van der Waals surface area (Å²) in [5.41, 5.74) is -1.64. The number of carbonyl (C=O) groups is 3. The van der Waals surface area contributed by atoms with Crippen LogP contribution in [0.3, 0.4) is 0 Å². The van der Waals surface area contributed by atoms with Gasteiger partial charge in [-0.3, -0.25) is 9.59 Å². The van der Waals surface area contributed by atoms with Gasteiger partial charge in [-0.05, 0) is 67.8 Å². The molecule has 0 spiro atoms. The second-order valence-corrected chi connectivity index (χ2v) is 11.2. The Balaban J connectivity index is 1.77. The summed E-state index contributed by atoms with van der Waals surface area (Å²) >= 11 is 0. The Morgan fingerprint density at radius 1 is 1.23 bits per heavy atom. The van der Waals surface area contributed by atoms with Crippen molar-refractivity contribution in [3.8, 4) is 0 Å². The maximum atomic E-state index is 13.3. The van der Waals surface area contributed by atoms with Gasteiger partial charge in [0.1, 0.15) is 11.7 Å². The molecule has 4 aliphatic carbocycles. The van der Waals surface area contributed by atoms with Crippen molar-refractivity contribution in [1.29, 1.82) is 0 Å². The predicted octanol–water partition coefficient (Wildman–Crippen LogP) is 4.45. The minimum Gasteiger partial charge on any atom is -0.458 e. The Hall–Kier alpha value is -2.16. The minimum atomic E-state index is -5.16. The van der Waals surface area contributed by atoms with Crippen molar-refractivity contribution in [2.75, 3.05) is 6.61 Å². The third-order valence-corrected chi connectivity index (χ3v) is 9.40. The highest BCUT2D eigenvalue weighted by atomic mass is 19.4. The van der Waals surface area contributed by atoms with Gasteiger partial charge < -0.3 is 14.6 Å². The van der Waals surface area contributed by atoms with E-state index in [9.17, 15) is 32.7 Å². The van der Waals surface area contributed by atoms with Crippen LogP contribution in [0.5, 0.6) is 0 Å². The molecule has 0 aromatic carbocycles. The van der Waals surface area contributed by atoms with E-state index in [0.29, 0.717) is 12.8 Å². The topological polar surface area (TPSA) is 89.9 Å². The van der Waals surface area contributed by atoms with Crippen LogP contribution in [0.25, 0.3) is 0 Å². The van der Waals surface area contributed by atoms with E-state index >= 15 is 0 Å². The fourth-order valence-corrected chi connectivity index (χ4v) is 7.94. The Bertz CT molecular complexity index is 986. The van der Waals surface area contributed by atoms with E-state index in [4.69, 9.17) is 9.47 Å². The molecule has 0 bridgehead atoms. The predicted molar refractivity (Wildman–Crippen MR) is 119 cm³/mol. The molecule has 35 heavy (non-hydrogen) atoms. The molecule has 9 heteroatoms. The number of hydrogen-bond acceptors (Lipinski definition) is 6. The van der Waals surface area contributed by atoms with Crippen molar-refractivity contribution in [2.45, 2.75) is 83.6 Å². The van der Waals surface area contributed by atoms with Crippen molar-refractivity contribution in [3.05, 3.63) is 23.8 Å². The van der Waals surface area contributed by atoms with E-state index in [1.54, 1.807) is 6.92 Å². The standard InChI is InChI=1S/C26H33F3O6/c1-14-11-16-18-8-10-25(33,20(31)13-34-15(2)30)24(18,4)12-19(35-22(32)26(27,28)29)21(16)23(3)9-6-5-7-17(14)23/h7,16,18-19,21,33H,1,5-6,8-13H2,2-4H3/t16-,18-,19-,21+,23-,24-,25-/m0/s1. The number of ether oxygens (including phenoxy) is 2. The van der Waals surface area contributed by atoms with Gasteiger partial charge in [-0.1, -0.05) is 32.1 Å².